The van der Waals surface area contributed by atoms with E-state index >= 15 is 0 Å². The Labute approximate surface area is 84.4 Å². The summed E-state index contributed by atoms with van der Waals surface area (Å²) in [4.78, 5) is 10.6. The predicted octanol–water partition coefficient (Wildman–Crippen LogP) is 1.95. The van der Waals surface area contributed by atoms with Gasteiger partial charge in [0.25, 0.3) is 0 Å². The average Bonchev–Trinajstić information content (AvgIpc) is 2.59. The van der Waals surface area contributed by atoms with E-state index in [-0.39, 0.29) is 0 Å². The Bertz CT molecular complexity index is 325. The highest BCUT2D eigenvalue weighted by atomic mass is 16.1. The highest BCUT2D eigenvalue weighted by Crippen LogP contribution is 2.26. The number of hydrogen-bond donors (Lipinski definition) is 1. The van der Waals surface area contributed by atoms with Gasteiger partial charge in [-0.05, 0) is 6.42 Å². The lowest BCUT2D eigenvalue weighted by Crippen LogP contribution is -2.27. The number of fused-ring (bicyclic) bond motifs is 1. The first-order valence-electron chi connectivity index (χ1n) is 5.16. The largest absolute Gasteiger partial charge is 0.381 e. The summed E-state index contributed by atoms with van der Waals surface area (Å²) >= 11 is 0. The molecule has 1 N–H and O–H groups in total. The van der Waals surface area contributed by atoms with Gasteiger partial charge in [0.05, 0.1) is 6.04 Å². The number of aldehydes is 1. The molecule has 14 heavy (non-hydrogen) atoms. The van der Waals surface area contributed by atoms with Crippen molar-refractivity contribution in [2.45, 2.75) is 25.8 Å². The highest BCUT2D eigenvalue weighted by Gasteiger charge is 2.24. The van der Waals surface area contributed by atoms with Crippen LogP contribution in [0.5, 0.6) is 0 Å². The van der Waals surface area contributed by atoms with Crippen molar-refractivity contribution in [3.8, 4) is 0 Å². The monoisotopic (exact) mass is 189 g/mol. The summed E-state index contributed by atoms with van der Waals surface area (Å²) in [5, 5.41) is 3.45. The van der Waals surface area contributed by atoms with Crippen LogP contribution in [-0.2, 0) is 4.79 Å². The maximum atomic E-state index is 10.6. The van der Waals surface area contributed by atoms with Crippen LogP contribution in [-0.4, -0.2) is 12.3 Å². The molecule has 2 unspecified atom stereocenters. The Kier molecular flexibility index (Phi) is 2.53. The second-order valence-corrected chi connectivity index (χ2v) is 3.83. The number of nitrogens with one attached hydrogen (secondary N) is 1. The van der Waals surface area contributed by atoms with Crippen molar-refractivity contribution < 1.29 is 4.79 Å². The summed E-state index contributed by atoms with van der Waals surface area (Å²) in [5.74, 6) is 0.377. The number of rotatable bonds is 3. The minimum absolute atomic E-state index is 0.375. The molecule has 0 aromatic rings. The minimum atomic E-state index is 0.375. The van der Waals surface area contributed by atoms with Gasteiger partial charge in [-0.2, -0.15) is 0 Å². The van der Waals surface area contributed by atoms with Gasteiger partial charge in [-0.1, -0.05) is 37.6 Å². The summed E-state index contributed by atoms with van der Waals surface area (Å²) in [5.41, 5.74) is 2.11. The number of allylic oxidation sites excluding steroid dienone is 3. The molecule has 0 saturated carbocycles. The summed E-state index contributed by atoms with van der Waals surface area (Å²) in [6.45, 7) is 2.17. The van der Waals surface area contributed by atoms with Crippen LogP contribution < -0.4 is 5.32 Å². The fourth-order valence-electron chi connectivity index (χ4n) is 2.02. The van der Waals surface area contributed by atoms with Crippen LogP contribution in [0, 0.1) is 5.92 Å². The molecule has 0 aromatic heterocycles. The van der Waals surface area contributed by atoms with Gasteiger partial charge in [-0.3, -0.25) is 4.79 Å². The molecule has 2 heteroatoms. The lowest BCUT2D eigenvalue weighted by Gasteiger charge is -2.17. The third-order valence-electron chi connectivity index (χ3n) is 2.70. The van der Waals surface area contributed by atoms with E-state index in [1.54, 1.807) is 0 Å². The first kappa shape index (κ1) is 9.25. The molecule has 0 bridgehead atoms. The molecule has 2 atom stereocenters. The van der Waals surface area contributed by atoms with Gasteiger partial charge in [-0.15, -0.1) is 0 Å². The van der Waals surface area contributed by atoms with Crippen LogP contribution in [0.25, 0.3) is 0 Å². The van der Waals surface area contributed by atoms with Crippen molar-refractivity contribution in [1.82, 2.24) is 5.32 Å². The minimum Gasteiger partial charge on any atom is -0.381 e. The molecule has 74 valence electrons. The first-order valence-corrected chi connectivity index (χ1v) is 5.16. The molecule has 0 amide bonds. The quantitative estimate of drug-likeness (QED) is 0.687. The van der Waals surface area contributed by atoms with Crippen LogP contribution in [0.3, 0.4) is 0 Å². The predicted molar refractivity (Wildman–Crippen MR) is 56.7 cm³/mol. The first-order chi connectivity index (χ1) is 6.83. The highest BCUT2D eigenvalue weighted by molar-refractivity contribution is 5.78. The Morgan fingerprint density at radius 1 is 1.50 bits per heavy atom. The SMILES string of the molecule is CCCC1=CC2C=C(C=O)C=CC2N1. The van der Waals surface area contributed by atoms with Gasteiger partial charge in [0.1, 0.15) is 6.29 Å². The molecular formula is C12H15NO. The number of hydrogen-bond acceptors (Lipinski definition) is 2. The van der Waals surface area contributed by atoms with Gasteiger partial charge in [0, 0.05) is 17.2 Å². The van der Waals surface area contributed by atoms with Crippen molar-refractivity contribution in [3.05, 3.63) is 35.6 Å². The van der Waals surface area contributed by atoms with Crippen molar-refractivity contribution in [3.63, 3.8) is 0 Å². The topological polar surface area (TPSA) is 29.1 Å². The fraction of sp³-hybridized carbons (Fsp3) is 0.417. The molecular weight excluding hydrogens is 174 g/mol. The number of carbonyl (C=O) groups excluding carboxylic acids is 1. The van der Waals surface area contributed by atoms with Crippen LogP contribution in [0.2, 0.25) is 0 Å². The van der Waals surface area contributed by atoms with E-state index in [1.165, 1.54) is 5.70 Å². The van der Waals surface area contributed by atoms with E-state index < -0.39 is 0 Å². The molecule has 2 aliphatic rings. The van der Waals surface area contributed by atoms with Gasteiger partial charge >= 0.3 is 0 Å². The van der Waals surface area contributed by atoms with E-state index in [9.17, 15) is 4.79 Å². The van der Waals surface area contributed by atoms with Gasteiger partial charge in [0.15, 0.2) is 0 Å². The Morgan fingerprint density at radius 3 is 3.07 bits per heavy atom. The molecule has 1 aliphatic heterocycles. The zero-order valence-corrected chi connectivity index (χ0v) is 8.36. The van der Waals surface area contributed by atoms with Crippen LogP contribution in [0.4, 0.5) is 0 Å². The van der Waals surface area contributed by atoms with E-state index in [0.29, 0.717) is 12.0 Å². The second-order valence-electron chi connectivity index (χ2n) is 3.83. The van der Waals surface area contributed by atoms with Crippen molar-refractivity contribution in [2.75, 3.05) is 0 Å². The standard InChI is InChI=1S/C12H15NO/c1-2-3-11-7-10-6-9(8-14)4-5-12(10)13-11/h4-8,10,12-13H,2-3H2,1H3. The van der Waals surface area contributed by atoms with E-state index in [2.05, 4.69) is 24.4 Å². The molecule has 0 radical (unpaired) electrons. The van der Waals surface area contributed by atoms with Crippen molar-refractivity contribution in [1.29, 1.82) is 0 Å². The Morgan fingerprint density at radius 2 is 2.36 bits per heavy atom. The molecule has 2 nitrogen and oxygen atoms in total. The van der Waals surface area contributed by atoms with Crippen LogP contribution >= 0.6 is 0 Å². The fourth-order valence-corrected chi connectivity index (χ4v) is 2.02. The van der Waals surface area contributed by atoms with Crippen LogP contribution in [0.15, 0.2) is 35.6 Å². The molecule has 0 fully saturated rings. The third kappa shape index (κ3) is 1.65. The molecule has 0 saturated heterocycles. The lowest BCUT2D eigenvalue weighted by atomic mass is 9.94. The molecule has 1 aliphatic carbocycles. The lowest BCUT2D eigenvalue weighted by molar-refractivity contribution is -0.104. The average molecular weight is 189 g/mol. The zero-order valence-electron chi connectivity index (χ0n) is 8.36. The maximum Gasteiger partial charge on any atom is 0.149 e. The molecule has 1 heterocycles. The van der Waals surface area contributed by atoms with E-state index in [1.807, 2.05) is 12.2 Å². The van der Waals surface area contributed by atoms with Crippen molar-refractivity contribution in [2.24, 2.45) is 5.92 Å². The zero-order chi connectivity index (χ0) is 9.97. The van der Waals surface area contributed by atoms with Gasteiger partial charge in [0.2, 0.25) is 0 Å². The Balaban J connectivity index is 2.12. The second kappa shape index (κ2) is 3.82. The van der Waals surface area contributed by atoms with Gasteiger partial charge < -0.3 is 5.32 Å². The third-order valence-corrected chi connectivity index (χ3v) is 2.70. The van der Waals surface area contributed by atoms with Gasteiger partial charge in [-0.25, -0.2) is 0 Å². The summed E-state index contributed by atoms with van der Waals surface area (Å²) in [6.07, 6.45) is 11.4. The van der Waals surface area contributed by atoms with Crippen molar-refractivity contribution >= 4 is 6.29 Å². The molecule has 0 spiro atoms. The summed E-state index contributed by atoms with van der Waals surface area (Å²) < 4.78 is 0. The maximum absolute atomic E-state index is 10.6. The smallest absolute Gasteiger partial charge is 0.149 e. The summed E-state index contributed by atoms with van der Waals surface area (Å²) in [6, 6.07) is 0.375. The number of carbonyl (C=O) groups is 1. The van der Waals surface area contributed by atoms with E-state index in [0.717, 1.165) is 24.7 Å². The Hall–Kier alpha value is -1.31. The van der Waals surface area contributed by atoms with Crippen LogP contribution in [0.1, 0.15) is 19.8 Å². The normalized spacial score (nSPS) is 28.9. The molecule has 2 rings (SSSR count). The van der Waals surface area contributed by atoms with E-state index in [4.69, 9.17) is 0 Å². The molecule has 0 aromatic carbocycles. The summed E-state index contributed by atoms with van der Waals surface area (Å²) in [7, 11) is 0.